The molecule has 5 heteroatoms. The molecule has 0 amide bonds. The first-order chi connectivity index (χ1) is 14.2. The summed E-state index contributed by atoms with van der Waals surface area (Å²) in [7, 11) is 0. The molecule has 0 atom stereocenters. The molecular formula is C24H23NO4. The molecule has 5 nitrogen and oxygen atoms in total. The van der Waals surface area contributed by atoms with Gasteiger partial charge in [0.15, 0.2) is 12.1 Å². The van der Waals surface area contributed by atoms with E-state index in [0.717, 1.165) is 27.6 Å². The number of nitrogens with one attached hydrogen (secondary N) is 1. The van der Waals surface area contributed by atoms with Crippen LogP contribution in [0.3, 0.4) is 0 Å². The number of carbonyl (C=O) groups excluding carboxylic acids is 1. The number of allylic oxidation sites excluding steroid dienone is 1. The highest BCUT2D eigenvalue weighted by atomic mass is 16.7. The number of benzene rings is 3. The summed E-state index contributed by atoms with van der Waals surface area (Å²) < 4.78 is 11.2. The van der Waals surface area contributed by atoms with E-state index in [-0.39, 0.29) is 18.7 Å². The van der Waals surface area contributed by atoms with Gasteiger partial charge in [-0.25, -0.2) is 0 Å². The lowest BCUT2D eigenvalue weighted by Crippen LogP contribution is -2.05. The molecule has 1 fully saturated rings. The van der Waals surface area contributed by atoms with Crippen LogP contribution in [-0.4, -0.2) is 37.3 Å². The molecule has 3 aromatic rings. The van der Waals surface area contributed by atoms with Gasteiger partial charge in [0.2, 0.25) is 0 Å². The second kappa shape index (κ2) is 9.01. The molecule has 0 unspecified atom stereocenters. The number of anilines is 1. The van der Waals surface area contributed by atoms with Crippen LogP contribution in [0.2, 0.25) is 0 Å². The number of rotatable bonds is 7. The zero-order chi connectivity index (χ0) is 20.1. The molecule has 0 aromatic heterocycles. The molecule has 0 spiro atoms. The number of aliphatic hydroxyl groups is 1. The van der Waals surface area contributed by atoms with Crippen LogP contribution >= 0.6 is 0 Å². The smallest absolute Gasteiger partial charge is 0.185 e. The van der Waals surface area contributed by atoms with Crippen molar-refractivity contribution in [2.24, 2.45) is 0 Å². The Labute approximate surface area is 169 Å². The van der Waals surface area contributed by atoms with Gasteiger partial charge < -0.3 is 19.9 Å². The third-order valence-corrected chi connectivity index (χ3v) is 4.85. The van der Waals surface area contributed by atoms with Gasteiger partial charge in [0.25, 0.3) is 0 Å². The van der Waals surface area contributed by atoms with Gasteiger partial charge in [-0.05, 0) is 40.6 Å². The molecule has 4 rings (SSSR count). The van der Waals surface area contributed by atoms with Gasteiger partial charge in [-0.2, -0.15) is 0 Å². The Morgan fingerprint density at radius 1 is 1.03 bits per heavy atom. The number of ketones is 1. The predicted molar refractivity (Wildman–Crippen MR) is 114 cm³/mol. The molecule has 29 heavy (non-hydrogen) atoms. The van der Waals surface area contributed by atoms with Gasteiger partial charge >= 0.3 is 0 Å². The van der Waals surface area contributed by atoms with Crippen LogP contribution in [0, 0.1) is 0 Å². The highest BCUT2D eigenvalue weighted by Gasteiger charge is 2.20. The normalized spacial score (nSPS) is 14.7. The summed E-state index contributed by atoms with van der Waals surface area (Å²) in [5.74, 6) is -0.0579. The fourth-order valence-electron chi connectivity index (χ4n) is 3.39. The molecule has 0 radical (unpaired) electrons. The van der Waals surface area contributed by atoms with E-state index in [4.69, 9.17) is 14.6 Å². The van der Waals surface area contributed by atoms with E-state index in [1.165, 1.54) is 0 Å². The molecule has 1 aliphatic heterocycles. The SMILES string of the molecule is O=C(/C=C/c1ccccc1C1OCCO1)c1ccc2cc(NCCO)ccc2c1. The topological polar surface area (TPSA) is 67.8 Å². The van der Waals surface area contributed by atoms with Crippen LogP contribution in [0.15, 0.2) is 66.7 Å². The lowest BCUT2D eigenvalue weighted by Gasteiger charge is -2.12. The number of hydrogen-bond acceptors (Lipinski definition) is 5. The van der Waals surface area contributed by atoms with Crippen molar-refractivity contribution in [3.63, 3.8) is 0 Å². The van der Waals surface area contributed by atoms with Crippen LogP contribution < -0.4 is 5.32 Å². The molecular weight excluding hydrogens is 366 g/mol. The number of hydrogen-bond donors (Lipinski definition) is 2. The highest BCUT2D eigenvalue weighted by molar-refractivity contribution is 6.08. The van der Waals surface area contributed by atoms with Crippen LogP contribution in [0.5, 0.6) is 0 Å². The second-order valence-electron chi connectivity index (χ2n) is 6.83. The molecule has 148 valence electrons. The van der Waals surface area contributed by atoms with Crippen LogP contribution in [0.1, 0.15) is 27.8 Å². The van der Waals surface area contributed by atoms with Crippen molar-refractivity contribution in [2.75, 3.05) is 31.7 Å². The Bertz CT molecular complexity index is 1040. The summed E-state index contributed by atoms with van der Waals surface area (Å²) in [5, 5.41) is 14.1. The van der Waals surface area contributed by atoms with Gasteiger partial charge in [0, 0.05) is 23.4 Å². The van der Waals surface area contributed by atoms with E-state index in [1.807, 2.05) is 66.7 Å². The molecule has 2 N–H and O–H groups in total. The molecule has 1 aliphatic rings. The van der Waals surface area contributed by atoms with Crippen LogP contribution in [0.4, 0.5) is 5.69 Å². The lowest BCUT2D eigenvalue weighted by molar-refractivity contribution is -0.0442. The Morgan fingerprint density at radius 2 is 1.79 bits per heavy atom. The molecule has 0 saturated carbocycles. The fraction of sp³-hybridized carbons (Fsp3) is 0.208. The second-order valence-corrected chi connectivity index (χ2v) is 6.83. The van der Waals surface area contributed by atoms with Gasteiger partial charge in [-0.1, -0.05) is 48.5 Å². The number of carbonyl (C=O) groups is 1. The monoisotopic (exact) mass is 389 g/mol. The number of fused-ring (bicyclic) bond motifs is 1. The highest BCUT2D eigenvalue weighted by Crippen LogP contribution is 2.27. The van der Waals surface area contributed by atoms with Crippen molar-refractivity contribution >= 4 is 28.3 Å². The Balaban J connectivity index is 1.53. The molecule has 1 saturated heterocycles. The lowest BCUT2D eigenvalue weighted by atomic mass is 10.0. The van der Waals surface area contributed by atoms with Crippen molar-refractivity contribution < 1.29 is 19.4 Å². The maximum absolute atomic E-state index is 12.7. The average molecular weight is 389 g/mol. The minimum Gasteiger partial charge on any atom is -0.395 e. The summed E-state index contributed by atoms with van der Waals surface area (Å²) in [6, 6.07) is 19.4. The largest absolute Gasteiger partial charge is 0.395 e. The summed E-state index contributed by atoms with van der Waals surface area (Å²) in [6.07, 6.45) is 3.03. The first-order valence-electron chi connectivity index (χ1n) is 9.68. The van der Waals surface area contributed by atoms with Crippen LogP contribution in [0.25, 0.3) is 16.8 Å². The number of ether oxygens (including phenoxy) is 2. The Hall–Kier alpha value is -2.99. The fourth-order valence-corrected chi connectivity index (χ4v) is 3.39. The third-order valence-electron chi connectivity index (χ3n) is 4.85. The van der Waals surface area contributed by atoms with E-state index in [2.05, 4.69) is 5.32 Å². The zero-order valence-electron chi connectivity index (χ0n) is 16.0. The van der Waals surface area contributed by atoms with E-state index in [0.29, 0.717) is 25.3 Å². The van der Waals surface area contributed by atoms with Crippen molar-refractivity contribution in [3.8, 4) is 0 Å². The van der Waals surface area contributed by atoms with Crippen molar-refractivity contribution in [3.05, 3.63) is 83.4 Å². The minimum atomic E-state index is -0.375. The van der Waals surface area contributed by atoms with E-state index in [9.17, 15) is 4.79 Å². The van der Waals surface area contributed by atoms with Gasteiger partial charge in [-0.3, -0.25) is 4.79 Å². The van der Waals surface area contributed by atoms with Crippen LogP contribution in [-0.2, 0) is 9.47 Å². The summed E-state index contributed by atoms with van der Waals surface area (Å²) in [4.78, 5) is 12.7. The van der Waals surface area contributed by atoms with E-state index in [1.54, 1.807) is 6.08 Å². The molecule has 3 aromatic carbocycles. The van der Waals surface area contributed by atoms with Crippen molar-refractivity contribution in [1.29, 1.82) is 0 Å². The Kier molecular flexibility index (Phi) is 6.00. The average Bonchev–Trinajstić information content (AvgIpc) is 3.30. The summed E-state index contributed by atoms with van der Waals surface area (Å²) >= 11 is 0. The molecule has 0 aliphatic carbocycles. The van der Waals surface area contributed by atoms with Gasteiger partial charge in [-0.15, -0.1) is 0 Å². The zero-order valence-corrected chi connectivity index (χ0v) is 16.0. The van der Waals surface area contributed by atoms with Gasteiger partial charge in [0.1, 0.15) is 0 Å². The number of aliphatic hydroxyl groups excluding tert-OH is 1. The quantitative estimate of drug-likeness (QED) is 0.469. The van der Waals surface area contributed by atoms with Gasteiger partial charge in [0.05, 0.1) is 19.8 Å². The van der Waals surface area contributed by atoms with Crippen molar-refractivity contribution in [1.82, 2.24) is 0 Å². The summed E-state index contributed by atoms with van der Waals surface area (Å²) in [5.41, 5.74) is 3.41. The first kappa shape index (κ1) is 19.3. The maximum Gasteiger partial charge on any atom is 0.185 e. The van der Waals surface area contributed by atoms with E-state index >= 15 is 0 Å². The Morgan fingerprint density at radius 3 is 2.62 bits per heavy atom. The predicted octanol–water partition coefficient (Wildman–Crippen LogP) is 4.19. The standard InChI is InChI=1S/C24H23NO4/c26-12-11-25-21-9-7-18-15-20(6-5-19(18)16-21)23(27)10-8-17-3-1-2-4-22(17)24-28-13-14-29-24/h1-10,15-16,24-26H,11-14H2/b10-8+. The van der Waals surface area contributed by atoms with E-state index < -0.39 is 0 Å². The first-order valence-corrected chi connectivity index (χ1v) is 9.68. The molecule has 1 heterocycles. The minimum absolute atomic E-state index is 0.0579. The van der Waals surface area contributed by atoms with Crippen molar-refractivity contribution in [2.45, 2.75) is 6.29 Å². The third kappa shape index (κ3) is 4.54. The summed E-state index contributed by atoms with van der Waals surface area (Å²) in [6.45, 7) is 1.75. The molecule has 0 bridgehead atoms. The maximum atomic E-state index is 12.7.